The van der Waals surface area contributed by atoms with E-state index < -0.39 is 0 Å². The summed E-state index contributed by atoms with van der Waals surface area (Å²) in [4.78, 5) is 25.5. The van der Waals surface area contributed by atoms with E-state index in [9.17, 15) is 14.0 Å². The molecule has 0 aromatic heterocycles. The van der Waals surface area contributed by atoms with Gasteiger partial charge in [-0.3, -0.25) is 14.5 Å². The van der Waals surface area contributed by atoms with Crippen molar-refractivity contribution in [1.29, 1.82) is 0 Å². The van der Waals surface area contributed by atoms with Crippen molar-refractivity contribution in [1.82, 2.24) is 10.2 Å². The Labute approximate surface area is 136 Å². The Hall–Kier alpha value is -1.95. The minimum Gasteiger partial charge on any atom is -0.469 e. The number of methoxy groups -OCH3 is 1. The van der Waals surface area contributed by atoms with Crippen LogP contribution in [0.3, 0.4) is 0 Å². The van der Waals surface area contributed by atoms with Gasteiger partial charge < -0.3 is 10.1 Å². The molecule has 0 aliphatic heterocycles. The summed E-state index contributed by atoms with van der Waals surface area (Å²) in [7, 11) is 1.35. The van der Waals surface area contributed by atoms with Crippen molar-refractivity contribution in [3.05, 3.63) is 35.6 Å². The third-order valence-corrected chi connectivity index (χ3v) is 3.70. The summed E-state index contributed by atoms with van der Waals surface area (Å²) in [6, 6.07) is 5.83. The van der Waals surface area contributed by atoms with Crippen LogP contribution in [-0.2, 0) is 14.3 Å². The Bertz CT molecular complexity index is 519. The van der Waals surface area contributed by atoms with E-state index in [1.807, 2.05) is 18.7 Å². The Morgan fingerprint density at radius 1 is 1.26 bits per heavy atom. The number of carbonyl (C=O) groups excluding carboxylic acids is 2. The van der Waals surface area contributed by atoms with Crippen LogP contribution in [0.2, 0.25) is 0 Å². The fraction of sp³-hybridized carbons (Fsp3) is 0.529. The molecule has 0 saturated carbocycles. The van der Waals surface area contributed by atoms with Crippen molar-refractivity contribution in [2.75, 3.05) is 26.7 Å². The molecule has 2 atom stereocenters. The summed E-state index contributed by atoms with van der Waals surface area (Å²) in [5.41, 5.74) is 0.839. The lowest BCUT2D eigenvalue weighted by molar-refractivity contribution is -0.145. The van der Waals surface area contributed by atoms with Crippen molar-refractivity contribution in [3.63, 3.8) is 0 Å². The number of nitrogens with zero attached hydrogens (tertiary/aromatic N) is 1. The van der Waals surface area contributed by atoms with E-state index in [-0.39, 0.29) is 36.2 Å². The Morgan fingerprint density at radius 2 is 1.87 bits per heavy atom. The molecule has 1 aromatic carbocycles. The van der Waals surface area contributed by atoms with Crippen molar-refractivity contribution >= 4 is 11.9 Å². The van der Waals surface area contributed by atoms with Crippen LogP contribution in [0.1, 0.15) is 32.4 Å². The van der Waals surface area contributed by atoms with Gasteiger partial charge in [-0.2, -0.15) is 0 Å². The van der Waals surface area contributed by atoms with E-state index in [0.29, 0.717) is 13.1 Å². The van der Waals surface area contributed by atoms with Crippen LogP contribution in [0.5, 0.6) is 0 Å². The highest BCUT2D eigenvalue weighted by molar-refractivity contribution is 5.78. The van der Waals surface area contributed by atoms with E-state index in [2.05, 4.69) is 5.32 Å². The number of hydrogen-bond donors (Lipinski definition) is 1. The fourth-order valence-electron chi connectivity index (χ4n) is 2.29. The molecule has 128 valence electrons. The third-order valence-electron chi connectivity index (χ3n) is 3.70. The summed E-state index contributed by atoms with van der Waals surface area (Å²) in [5, 5.41) is 2.88. The number of nitrogens with one attached hydrogen (secondary N) is 1. The lowest BCUT2D eigenvalue weighted by Crippen LogP contribution is -2.41. The summed E-state index contributed by atoms with van der Waals surface area (Å²) in [5.74, 6) is -1.02. The van der Waals surface area contributed by atoms with Gasteiger partial charge in [0.2, 0.25) is 5.91 Å². The van der Waals surface area contributed by atoms with Crippen molar-refractivity contribution in [3.8, 4) is 0 Å². The molecule has 0 radical (unpaired) electrons. The predicted octanol–water partition coefficient (Wildman–Crippen LogP) is 2.13. The third kappa shape index (κ3) is 6.36. The first-order valence-corrected chi connectivity index (χ1v) is 7.72. The molecule has 1 aromatic rings. The number of esters is 1. The molecule has 0 bridgehead atoms. The van der Waals surface area contributed by atoms with Gasteiger partial charge in [0.15, 0.2) is 0 Å². The minimum atomic E-state index is -0.304. The second-order valence-electron chi connectivity index (χ2n) is 5.59. The maximum absolute atomic E-state index is 12.9. The molecular formula is C17H25FN2O3. The fourth-order valence-corrected chi connectivity index (χ4v) is 2.29. The zero-order chi connectivity index (χ0) is 17.4. The zero-order valence-corrected chi connectivity index (χ0v) is 14.1. The summed E-state index contributed by atoms with van der Waals surface area (Å²) < 4.78 is 17.6. The van der Waals surface area contributed by atoms with Crippen molar-refractivity contribution in [2.24, 2.45) is 5.92 Å². The van der Waals surface area contributed by atoms with E-state index in [4.69, 9.17) is 4.74 Å². The molecule has 0 heterocycles. The highest BCUT2D eigenvalue weighted by Crippen LogP contribution is 2.12. The first kappa shape index (κ1) is 19.1. The maximum Gasteiger partial charge on any atom is 0.309 e. The quantitative estimate of drug-likeness (QED) is 0.744. The first-order chi connectivity index (χ1) is 10.9. The van der Waals surface area contributed by atoms with Crippen LogP contribution in [0.15, 0.2) is 24.3 Å². The lowest BCUT2D eigenvalue weighted by Gasteiger charge is -2.23. The molecule has 1 amide bonds. The number of halogens is 1. The van der Waals surface area contributed by atoms with Crippen molar-refractivity contribution in [2.45, 2.75) is 26.8 Å². The average Bonchev–Trinajstić information content (AvgIpc) is 2.53. The summed E-state index contributed by atoms with van der Waals surface area (Å²) >= 11 is 0. The van der Waals surface area contributed by atoms with Crippen LogP contribution in [0.4, 0.5) is 4.39 Å². The molecule has 0 fully saturated rings. The Kier molecular flexibility index (Phi) is 7.68. The largest absolute Gasteiger partial charge is 0.469 e. The van der Waals surface area contributed by atoms with Gasteiger partial charge in [0.05, 0.1) is 25.6 Å². The van der Waals surface area contributed by atoms with Crippen LogP contribution in [0.25, 0.3) is 0 Å². The maximum atomic E-state index is 12.9. The average molecular weight is 324 g/mol. The van der Waals surface area contributed by atoms with E-state index in [0.717, 1.165) is 5.56 Å². The van der Waals surface area contributed by atoms with Crippen LogP contribution in [0, 0.1) is 11.7 Å². The minimum absolute atomic E-state index is 0.138. The molecule has 0 aliphatic carbocycles. The topological polar surface area (TPSA) is 58.6 Å². The van der Waals surface area contributed by atoms with Crippen LogP contribution < -0.4 is 5.32 Å². The van der Waals surface area contributed by atoms with Gasteiger partial charge in [0.25, 0.3) is 0 Å². The number of rotatable bonds is 8. The van der Waals surface area contributed by atoms with Gasteiger partial charge in [-0.25, -0.2) is 4.39 Å². The molecule has 0 saturated heterocycles. The molecule has 6 heteroatoms. The molecule has 0 spiro atoms. The Balaban J connectivity index is 2.52. The van der Waals surface area contributed by atoms with Gasteiger partial charge in [0, 0.05) is 6.54 Å². The molecule has 0 aliphatic rings. The number of likely N-dealkylation sites (N-methyl/N-ethyl adjacent to an activating group) is 1. The number of benzene rings is 1. The van der Waals surface area contributed by atoms with Gasteiger partial charge in [0.1, 0.15) is 5.82 Å². The molecule has 1 rings (SSSR count). The Morgan fingerprint density at radius 3 is 2.39 bits per heavy atom. The predicted molar refractivity (Wildman–Crippen MR) is 86.3 cm³/mol. The zero-order valence-electron chi connectivity index (χ0n) is 14.1. The second kappa shape index (κ2) is 9.25. The SMILES string of the molecule is CCN(CC(=O)NC(C)c1ccc(F)cc1)CC(C)C(=O)OC. The smallest absolute Gasteiger partial charge is 0.309 e. The summed E-state index contributed by atoms with van der Waals surface area (Å²) in [6.07, 6.45) is 0. The van der Waals surface area contributed by atoms with E-state index >= 15 is 0 Å². The lowest BCUT2D eigenvalue weighted by atomic mass is 10.1. The van der Waals surface area contributed by atoms with Crippen LogP contribution >= 0.6 is 0 Å². The number of ether oxygens (including phenoxy) is 1. The number of amides is 1. The van der Waals surface area contributed by atoms with E-state index in [1.54, 1.807) is 19.1 Å². The highest BCUT2D eigenvalue weighted by atomic mass is 19.1. The van der Waals surface area contributed by atoms with Gasteiger partial charge in [-0.1, -0.05) is 26.0 Å². The molecule has 1 N–H and O–H groups in total. The highest BCUT2D eigenvalue weighted by Gasteiger charge is 2.19. The van der Waals surface area contributed by atoms with E-state index in [1.165, 1.54) is 19.2 Å². The molecular weight excluding hydrogens is 299 g/mol. The molecule has 5 nitrogen and oxygen atoms in total. The summed E-state index contributed by atoms with van der Waals surface area (Å²) in [6.45, 7) is 6.86. The number of carbonyl (C=O) groups is 2. The van der Waals surface area contributed by atoms with Crippen LogP contribution in [-0.4, -0.2) is 43.5 Å². The second-order valence-corrected chi connectivity index (χ2v) is 5.59. The van der Waals surface area contributed by atoms with Crippen molar-refractivity contribution < 1.29 is 18.7 Å². The molecule has 23 heavy (non-hydrogen) atoms. The standard InChI is InChI=1S/C17H25FN2O3/c1-5-20(10-12(2)17(22)23-4)11-16(21)19-13(3)14-6-8-15(18)9-7-14/h6-9,12-13H,5,10-11H2,1-4H3,(H,19,21). The van der Waals surface area contributed by atoms with Gasteiger partial charge >= 0.3 is 5.97 Å². The molecule has 2 unspecified atom stereocenters. The number of hydrogen-bond acceptors (Lipinski definition) is 4. The van der Waals surface area contributed by atoms with Gasteiger partial charge in [-0.15, -0.1) is 0 Å². The van der Waals surface area contributed by atoms with Gasteiger partial charge in [-0.05, 0) is 31.2 Å². The normalized spacial score (nSPS) is 13.5. The first-order valence-electron chi connectivity index (χ1n) is 7.72. The monoisotopic (exact) mass is 324 g/mol.